The van der Waals surface area contributed by atoms with E-state index in [1.54, 1.807) is 14.2 Å². The second kappa shape index (κ2) is 14.3. The van der Waals surface area contributed by atoms with Gasteiger partial charge < -0.3 is 25.0 Å². The van der Waals surface area contributed by atoms with Crippen LogP contribution in [0.4, 0.5) is 0 Å². The Bertz CT molecular complexity index is 472. The fourth-order valence-electron chi connectivity index (χ4n) is 2.07. The number of benzene rings is 1. The molecular weight excluding hydrogens is 419 g/mol. The zero-order valence-corrected chi connectivity index (χ0v) is 17.5. The summed E-state index contributed by atoms with van der Waals surface area (Å²) in [6.07, 6.45) is 0. The monoisotopic (exact) mass is 450 g/mol. The summed E-state index contributed by atoms with van der Waals surface area (Å²) in [5, 5.41) is 6.63. The van der Waals surface area contributed by atoms with E-state index in [9.17, 15) is 0 Å². The lowest BCUT2D eigenvalue weighted by Crippen LogP contribution is -2.41. The van der Waals surface area contributed by atoms with Gasteiger partial charge in [0.15, 0.2) is 5.96 Å². The number of methoxy groups -OCH3 is 1. The van der Waals surface area contributed by atoms with Crippen LogP contribution in [0.25, 0.3) is 0 Å². The van der Waals surface area contributed by atoms with Crippen LogP contribution in [0.5, 0.6) is 5.75 Å². The minimum Gasteiger partial charge on any atom is -0.494 e. The van der Waals surface area contributed by atoms with Crippen molar-refractivity contribution in [1.29, 1.82) is 0 Å². The number of rotatable bonds is 10. The van der Waals surface area contributed by atoms with Crippen LogP contribution in [0.2, 0.25) is 0 Å². The van der Waals surface area contributed by atoms with Gasteiger partial charge in [-0.05, 0) is 20.0 Å². The van der Waals surface area contributed by atoms with Gasteiger partial charge in [0.1, 0.15) is 5.75 Å². The van der Waals surface area contributed by atoms with Crippen molar-refractivity contribution < 1.29 is 9.47 Å². The highest BCUT2D eigenvalue weighted by Crippen LogP contribution is 2.17. The molecule has 0 saturated heterocycles. The molecule has 6 nitrogen and oxygen atoms in total. The lowest BCUT2D eigenvalue weighted by atomic mass is 10.2. The smallest absolute Gasteiger partial charge is 0.191 e. The number of para-hydroxylation sites is 1. The van der Waals surface area contributed by atoms with Gasteiger partial charge in [-0.3, -0.25) is 4.99 Å². The van der Waals surface area contributed by atoms with Crippen LogP contribution < -0.4 is 15.4 Å². The Morgan fingerprint density at radius 1 is 1.21 bits per heavy atom. The molecule has 0 aromatic heterocycles. The lowest BCUT2D eigenvalue weighted by molar-refractivity contribution is 0.162. The number of nitrogens with zero attached hydrogens (tertiary/aromatic N) is 2. The Morgan fingerprint density at radius 2 is 1.96 bits per heavy atom. The van der Waals surface area contributed by atoms with E-state index in [2.05, 4.69) is 33.6 Å². The van der Waals surface area contributed by atoms with Gasteiger partial charge in [-0.1, -0.05) is 18.2 Å². The maximum Gasteiger partial charge on any atom is 0.191 e. The normalized spacial score (nSPS) is 11.1. The molecule has 0 aliphatic carbocycles. The van der Waals surface area contributed by atoms with Crippen molar-refractivity contribution in [3.63, 3.8) is 0 Å². The Balaban J connectivity index is 0.00000529. The van der Waals surface area contributed by atoms with Crippen LogP contribution >= 0.6 is 24.0 Å². The summed E-state index contributed by atoms with van der Waals surface area (Å²) >= 11 is 0. The molecule has 138 valence electrons. The molecule has 0 atom stereocenters. The van der Waals surface area contributed by atoms with E-state index in [4.69, 9.17) is 9.47 Å². The molecule has 0 unspecified atom stereocenters. The van der Waals surface area contributed by atoms with Crippen LogP contribution in [0.1, 0.15) is 12.5 Å². The number of halogens is 1. The Labute approximate surface area is 163 Å². The summed E-state index contributed by atoms with van der Waals surface area (Å²) in [6.45, 7) is 6.76. The molecule has 1 aromatic rings. The van der Waals surface area contributed by atoms with E-state index >= 15 is 0 Å². The number of guanidine groups is 1. The standard InChI is InChI=1S/C17H30N4O2.HI/c1-5-23-16-9-7-6-8-15(16)14-20-17(18-2)19-10-11-21(3)12-13-22-4;/h6-9H,5,10-14H2,1-4H3,(H2,18,19,20);1H. The Hall–Kier alpha value is -1.06. The van der Waals surface area contributed by atoms with E-state index < -0.39 is 0 Å². The van der Waals surface area contributed by atoms with Gasteiger partial charge in [0.2, 0.25) is 0 Å². The molecule has 0 aliphatic rings. The van der Waals surface area contributed by atoms with Gasteiger partial charge in [0.25, 0.3) is 0 Å². The van der Waals surface area contributed by atoms with Crippen molar-refractivity contribution in [2.24, 2.45) is 4.99 Å². The number of ether oxygens (including phenoxy) is 2. The second-order valence-electron chi connectivity index (χ2n) is 5.19. The number of aliphatic imine (C=N–C) groups is 1. The van der Waals surface area contributed by atoms with Crippen molar-refractivity contribution >= 4 is 29.9 Å². The highest BCUT2D eigenvalue weighted by molar-refractivity contribution is 14.0. The summed E-state index contributed by atoms with van der Waals surface area (Å²) in [5.41, 5.74) is 1.12. The molecule has 24 heavy (non-hydrogen) atoms. The highest BCUT2D eigenvalue weighted by Gasteiger charge is 2.04. The molecule has 0 radical (unpaired) electrons. The van der Waals surface area contributed by atoms with Gasteiger partial charge in [-0.2, -0.15) is 0 Å². The largest absolute Gasteiger partial charge is 0.494 e. The molecule has 1 aromatic carbocycles. The molecule has 7 heteroatoms. The van der Waals surface area contributed by atoms with Crippen LogP contribution in [-0.2, 0) is 11.3 Å². The molecule has 0 amide bonds. The number of nitrogens with one attached hydrogen (secondary N) is 2. The van der Waals surface area contributed by atoms with Gasteiger partial charge in [0.05, 0.1) is 13.2 Å². The van der Waals surface area contributed by atoms with Crippen molar-refractivity contribution in [2.45, 2.75) is 13.5 Å². The van der Waals surface area contributed by atoms with Crippen molar-refractivity contribution in [3.8, 4) is 5.75 Å². The first-order chi connectivity index (χ1) is 11.2. The van der Waals surface area contributed by atoms with Crippen LogP contribution in [0, 0.1) is 0 Å². The molecule has 2 N–H and O–H groups in total. The minimum atomic E-state index is 0. The summed E-state index contributed by atoms with van der Waals surface area (Å²) in [4.78, 5) is 6.46. The molecule has 0 spiro atoms. The Morgan fingerprint density at radius 3 is 2.62 bits per heavy atom. The van der Waals surface area contributed by atoms with Gasteiger partial charge >= 0.3 is 0 Å². The molecule has 0 aliphatic heterocycles. The van der Waals surface area contributed by atoms with Crippen LogP contribution in [0.15, 0.2) is 29.3 Å². The number of hydrogen-bond acceptors (Lipinski definition) is 4. The first-order valence-corrected chi connectivity index (χ1v) is 8.04. The predicted octanol–water partition coefficient (Wildman–Crippen LogP) is 1.95. The predicted molar refractivity (Wildman–Crippen MR) is 111 cm³/mol. The van der Waals surface area contributed by atoms with Crippen LogP contribution in [-0.4, -0.2) is 64.9 Å². The zero-order valence-electron chi connectivity index (χ0n) is 15.2. The molecule has 0 bridgehead atoms. The van der Waals surface area contributed by atoms with Crippen molar-refractivity contribution in [1.82, 2.24) is 15.5 Å². The number of likely N-dealkylation sites (N-methyl/N-ethyl adjacent to an activating group) is 1. The fourth-order valence-corrected chi connectivity index (χ4v) is 2.07. The minimum absolute atomic E-state index is 0. The molecular formula is C17H31IN4O2. The van der Waals surface area contributed by atoms with Crippen molar-refractivity contribution in [3.05, 3.63) is 29.8 Å². The second-order valence-corrected chi connectivity index (χ2v) is 5.19. The SMILES string of the molecule is CCOc1ccccc1CNC(=NC)NCCN(C)CCOC.I. The number of hydrogen-bond donors (Lipinski definition) is 2. The van der Waals surface area contributed by atoms with Gasteiger partial charge in [-0.25, -0.2) is 0 Å². The first-order valence-electron chi connectivity index (χ1n) is 8.04. The zero-order chi connectivity index (χ0) is 16.9. The third kappa shape index (κ3) is 9.29. The third-order valence-electron chi connectivity index (χ3n) is 3.41. The topological polar surface area (TPSA) is 58.1 Å². The van der Waals surface area contributed by atoms with E-state index in [0.29, 0.717) is 13.2 Å². The molecule has 0 fully saturated rings. The highest BCUT2D eigenvalue weighted by atomic mass is 127. The Kier molecular flexibility index (Phi) is 13.7. The summed E-state index contributed by atoms with van der Waals surface area (Å²) in [7, 11) is 5.57. The average Bonchev–Trinajstić information content (AvgIpc) is 2.57. The van der Waals surface area contributed by atoms with E-state index in [0.717, 1.165) is 43.5 Å². The first kappa shape index (κ1) is 22.9. The summed E-state index contributed by atoms with van der Waals surface area (Å²) in [5.74, 6) is 1.70. The van der Waals surface area contributed by atoms with Gasteiger partial charge in [-0.15, -0.1) is 24.0 Å². The summed E-state index contributed by atoms with van der Waals surface area (Å²) in [6, 6.07) is 8.04. The van der Waals surface area contributed by atoms with E-state index in [1.165, 1.54) is 0 Å². The van der Waals surface area contributed by atoms with E-state index in [1.807, 2.05) is 25.1 Å². The van der Waals surface area contributed by atoms with Gasteiger partial charge in [0, 0.05) is 45.9 Å². The quantitative estimate of drug-likeness (QED) is 0.324. The summed E-state index contributed by atoms with van der Waals surface area (Å²) < 4.78 is 10.7. The fraction of sp³-hybridized carbons (Fsp3) is 0.588. The molecule has 0 saturated carbocycles. The lowest BCUT2D eigenvalue weighted by Gasteiger charge is -2.18. The average molecular weight is 450 g/mol. The molecule has 1 rings (SSSR count). The van der Waals surface area contributed by atoms with Crippen molar-refractivity contribution in [2.75, 3.05) is 54.1 Å². The third-order valence-corrected chi connectivity index (χ3v) is 3.41. The maximum absolute atomic E-state index is 5.63. The molecule has 0 heterocycles. The van der Waals surface area contributed by atoms with Crippen LogP contribution in [0.3, 0.4) is 0 Å². The van der Waals surface area contributed by atoms with E-state index in [-0.39, 0.29) is 24.0 Å². The maximum atomic E-state index is 5.63.